The van der Waals surface area contributed by atoms with Gasteiger partial charge in [0.2, 0.25) is 5.91 Å². The van der Waals surface area contributed by atoms with E-state index >= 15 is 0 Å². The van der Waals surface area contributed by atoms with E-state index in [1.807, 2.05) is 14.1 Å². The van der Waals surface area contributed by atoms with E-state index < -0.39 is 6.43 Å². The molecule has 0 radical (unpaired) electrons. The number of halogens is 2. The van der Waals surface area contributed by atoms with E-state index in [0.29, 0.717) is 25.5 Å². The molecule has 0 aromatic carbocycles. The van der Waals surface area contributed by atoms with E-state index in [1.54, 1.807) is 19.2 Å². The number of nitrogens with zero attached hydrogens (tertiary/aromatic N) is 2. The van der Waals surface area contributed by atoms with Crippen LogP contribution in [0.25, 0.3) is 0 Å². The summed E-state index contributed by atoms with van der Waals surface area (Å²) >= 11 is 0. The number of amidine groups is 1. The maximum atomic E-state index is 11.9. The number of alkyl halides is 2. The largest absolute Gasteiger partial charge is 0.372 e. The lowest BCUT2D eigenvalue weighted by molar-refractivity contribution is -0.120. The van der Waals surface area contributed by atoms with Crippen molar-refractivity contribution in [2.75, 3.05) is 46.8 Å². The predicted octanol–water partition coefficient (Wildman–Crippen LogP) is 0.821. The molecule has 0 heterocycles. The average Bonchev–Trinajstić information content (AvgIpc) is 2.47. The molecule has 0 fully saturated rings. The monoisotopic (exact) mass is 333 g/mol. The molecule has 8 heteroatoms. The third kappa shape index (κ3) is 16.7. The number of hydrogen-bond acceptors (Lipinski definition) is 4. The molecular formula is C15H29F2N5O. The van der Waals surface area contributed by atoms with Gasteiger partial charge in [0, 0.05) is 32.3 Å². The molecule has 134 valence electrons. The molecule has 0 rings (SSSR count). The zero-order valence-corrected chi connectivity index (χ0v) is 14.2. The average molecular weight is 333 g/mol. The van der Waals surface area contributed by atoms with Crippen LogP contribution >= 0.6 is 0 Å². The van der Waals surface area contributed by atoms with Crippen molar-refractivity contribution < 1.29 is 13.6 Å². The van der Waals surface area contributed by atoms with Crippen LogP contribution in [-0.4, -0.2) is 69.9 Å². The molecule has 0 aliphatic carbocycles. The van der Waals surface area contributed by atoms with Crippen molar-refractivity contribution in [1.82, 2.24) is 20.9 Å². The van der Waals surface area contributed by atoms with Crippen LogP contribution in [0.15, 0.2) is 17.3 Å². The molecular weight excluding hydrogens is 304 g/mol. The number of carbonyl (C=O) groups is 1. The van der Waals surface area contributed by atoms with Gasteiger partial charge >= 0.3 is 0 Å². The first-order valence-corrected chi connectivity index (χ1v) is 7.75. The summed E-state index contributed by atoms with van der Waals surface area (Å²) in [6.07, 6.45) is 2.12. The Morgan fingerprint density at radius 2 is 1.96 bits per heavy atom. The summed E-state index contributed by atoms with van der Waals surface area (Å²) in [5, 5.41) is 8.43. The van der Waals surface area contributed by atoms with Crippen molar-refractivity contribution in [3.63, 3.8) is 0 Å². The topological polar surface area (TPSA) is 68.8 Å². The number of rotatable bonds is 12. The summed E-state index contributed by atoms with van der Waals surface area (Å²) in [5.74, 6) is 0.642. The normalized spacial score (nSPS) is 12.4. The van der Waals surface area contributed by atoms with Gasteiger partial charge in [0.1, 0.15) is 0 Å². The molecule has 23 heavy (non-hydrogen) atoms. The second kappa shape index (κ2) is 14.1. The van der Waals surface area contributed by atoms with Gasteiger partial charge in [-0.15, -0.1) is 0 Å². The number of nitrogens with one attached hydrogen (secondary N) is 3. The summed E-state index contributed by atoms with van der Waals surface area (Å²) in [6.45, 7) is 4.04. The van der Waals surface area contributed by atoms with Crippen LogP contribution < -0.4 is 16.0 Å². The minimum Gasteiger partial charge on any atom is -0.372 e. The van der Waals surface area contributed by atoms with Gasteiger partial charge in [0.05, 0.1) is 12.4 Å². The maximum absolute atomic E-state index is 11.9. The molecule has 0 spiro atoms. The fourth-order valence-electron chi connectivity index (χ4n) is 1.61. The Morgan fingerprint density at radius 1 is 1.22 bits per heavy atom. The Kier molecular flexibility index (Phi) is 13.1. The Labute approximate surface area is 137 Å². The number of carbonyl (C=O) groups excluding carboxylic acids is 1. The van der Waals surface area contributed by atoms with Gasteiger partial charge in [-0.25, -0.2) is 13.8 Å². The van der Waals surface area contributed by atoms with Crippen molar-refractivity contribution >= 4 is 11.7 Å². The summed E-state index contributed by atoms with van der Waals surface area (Å²) in [7, 11) is 3.99. The molecule has 0 saturated carbocycles. The fourth-order valence-corrected chi connectivity index (χ4v) is 1.61. The van der Waals surface area contributed by atoms with E-state index in [2.05, 4.69) is 25.8 Å². The molecule has 0 unspecified atom stereocenters. The zero-order chi connectivity index (χ0) is 17.5. The standard InChI is InChI=1S/C15H29F2N5O/c1-13(20-10-9-18-12-14(16)17)19-7-4-6-15(23)21-8-5-11-22(2)3/h4,7,14,18H,5-6,8-12H2,1-3H3,(H,19,20)(H,21,23)/b7-4-. The quantitative estimate of drug-likeness (QED) is 0.281. The van der Waals surface area contributed by atoms with Gasteiger partial charge in [-0.3, -0.25) is 4.79 Å². The van der Waals surface area contributed by atoms with Crippen molar-refractivity contribution in [2.24, 2.45) is 4.99 Å². The van der Waals surface area contributed by atoms with Crippen LogP contribution in [0.5, 0.6) is 0 Å². The lowest BCUT2D eigenvalue weighted by Crippen LogP contribution is -2.32. The third-order valence-corrected chi connectivity index (χ3v) is 2.76. The summed E-state index contributed by atoms with van der Waals surface area (Å²) in [5.41, 5.74) is 0. The molecule has 3 N–H and O–H groups in total. The predicted molar refractivity (Wildman–Crippen MR) is 89.9 cm³/mol. The molecule has 0 aromatic rings. The first-order valence-electron chi connectivity index (χ1n) is 7.75. The first kappa shape index (κ1) is 21.5. The Bertz CT molecular complexity index is 373. The number of amides is 1. The Balaban J connectivity index is 3.66. The van der Waals surface area contributed by atoms with Gasteiger partial charge in [-0.05, 0) is 34.0 Å². The SMILES string of the molecule is C/C(=N\C=C/CC(=O)NCCCN(C)C)NCCNCC(F)F. The molecule has 0 saturated heterocycles. The molecule has 0 aliphatic rings. The number of aliphatic imine (C=N–C) groups is 1. The highest BCUT2D eigenvalue weighted by Gasteiger charge is 1.99. The van der Waals surface area contributed by atoms with Crippen LogP contribution in [0.1, 0.15) is 19.8 Å². The Hall–Kier alpha value is -1.54. The van der Waals surface area contributed by atoms with Crippen LogP contribution in [0.3, 0.4) is 0 Å². The fraction of sp³-hybridized carbons (Fsp3) is 0.733. The van der Waals surface area contributed by atoms with Crippen molar-refractivity contribution in [3.05, 3.63) is 12.3 Å². The second-order valence-corrected chi connectivity index (χ2v) is 5.33. The van der Waals surface area contributed by atoms with E-state index in [1.165, 1.54) is 0 Å². The molecule has 0 bridgehead atoms. The second-order valence-electron chi connectivity index (χ2n) is 5.33. The molecule has 1 amide bonds. The van der Waals surface area contributed by atoms with E-state index in [0.717, 1.165) is 13.0 Å². The minimum atomic E-state index is -2.33. The van der Waals surface area contributed by atoms with Crippen LogP contribution in [0.2, 0.25) is 0 Å². The molecule has 0 aromatic heterocycles. The summed E-state index contributed by atoms with van der Waals surface area (Å²) < 4.78 is 23.7. The smallest absolute Gasteiger partial charge is 0.250 e. The van der Waals surface area contributed by atoms with Gasteiger partial charge in [0.25, 0.3) is 6.43 Å². The van der Waals surface area contributed by atoms with Crippen LogP contribution in [0.4, 0.5) is 8.78 Å². The maximum Gasteiger partial charge on any atom is 0.250 e. The first-order chi connectivity index (χ1) is 10.9. The van der Waals surface area contributed by atoms with Crippen LogP contribution in [-0.2, 0) is 4.79 Å². The van der Waals surface area contributed by atoms with Crippen molar-refractivity contribution in [3.8, 4) is 0 Å². The van der Waals surface area contributed by atoms with Gasteiger partial charge < -0.3 is 20.9 Å². The highest BCUT2D eigenvalue weighted by atomic mass is 19.3. The zero-order valence-electron chi connectivity index (χ0n) is 14.2. The van der Waals surface area contributed by atoms with E-state index in [4.69, 9.17) is 0 Å². The van der Waals surface area contributed by atoms with Crippen LogP contribution in [0, 0.1) is 0 Å². The summed E-state index contributed by atoms with van der Waals surface area (Å²) in [4.78, 5) is 17.7. The minimum absolute atomic E-state index is 0.0305. The van der Waals surface area contributed by atoms with Gasteiger partial charge in [-0.1, -0.05) is 6.08 Å². The molecule has 6 nitrogen and oxygen atoms in total. The van der Waals surface area contributed by atoms with Crippen molar-refractivity contribution in [2.45, 2.75) is 26.2 Å². The highest BCUT2D eigenvalue weighted by molar-refractivity contribution is 5.80. The lowest BCUT2D eigenvalue weighted by Gasteiger charge is -2.09. The molecule has 0 atom stereocenters. The van der Waals surface area contributed by atoms with Crippen molar-refractivity contribution in [1.29, 1.82) is 0 Å². The van der Waals surface area contributed by atoms with E-state index in [9.17, 15) is 13.6 Å². The third-order valence-electron chi connectivity index (χ3n) is 2.76. The molecule has 0 aliphatic heterocycles. The highest BCUT2D eigenvalue weighted by Crippen LogP contribution is 1.88. The summed E-state index contributed by atoms with van der Waals surface area (Å²) in [6, 6.07) is 0. The Morgan fingerprint density at radius 3 is 2.61 bits per heavy atom. The van der Waals surface area contributed by atoms with E-state index in [-0.39, 0.29) is 18.9 Å². The lowest BCUT2D eigenvalue weighted by atomic mass is 10.3. The number of hydrogen-bond donors (Lipinski definition) is 3. The van der Waals surface area contributed by atoms with Gasteiger partial charge in [0.15, 0.2) is 0 Å². The van der Waals surface area contributed by atoms with Gasteiger partial charge in [-0.2, -0.15) is 0 Å².